The van der Waals surface area contributed by atoms with Crippen molar-refractivity contribution < 1.29 is 14.3 Å². The molecule has 0 radical (unpaired) electrons. The largest absolute Gasteiger partial charge is 0.493 e. The fourth-order valence-electron chi connectivity index (χ4n) is 5.17. The topological polar surface area (TPSA) is 49.9 Å². The molecule has 0 unspecified atom stereocenters. The second-order valence-corrected chi connectivity index (χ2v) is 9.44. The van der Waals surface area contributed by atoms with Gasteiger partial charge in [-0.2, -0.15) is 0 Å². The van der Waals surface area contributed by atoms with Gasteiger partial charge in [0, 0.05) is 43.6 Å². The van der Waals surface area contributed by atoms with Gasteiger partial charge in [-0.25, -0.2) is 0 Å². The molecule has 0 aliphatic carbocycles. The van der Waals surface area contributed by atoms with Gasteiger partial charge in [0.1, 0.15) is 5.75 Å². The second kappa shape index (κ2) is 10.2. The van der Waals surface area contributed by atoms with Gasteiger partial charge in [-0.15, -0.1) is 0 Å². The Hall–Kier alpha value is -2.82. The van der Waals surface area contributed by atoms with E-state index in [2.05, 4.69) is 0 Å². The van der Waals surface area contributed by atoms with Crippen molar-refractivity contribution in [2.24, 2.45) is 23.7 Å². The highest BCUT2D eigenvalue weighted by atomic mass is 16.5. The van der Waals surface area contributed by atoms with E-state index in [-0.39, 0.29) is 17.7 Å². The zero-order valence-corrected chi connectivity index (χ0v) is 19.2. The Labute approximate surface area is 191 Å². The Bertz CT molecular complexity index is 892. The van der Waals surface area contributed by atoms with Gasteiger partial charge in [0.15, 0.2) is 0 Å². The van der Waals surface area contributed by atoms with E-state index in [1.165, 1.54) is 0 Å². The predicted octanol–water partition coefficient (Wildman–Crippen LogP) is 4.35. The number of para-hydroxylation sites is 1. The first-order chi connectivity index (χ1) is 15.5. The van der Waals surface area contributed by atoms with Crippen LogP contribution in [0.25, 0.3) is 0 Å². The molecule has 2 fully saturated rings. The first-order valence-corrected chi connectivity index (χ1v) is 11.8. The Morgan fingerprint density at radius 3 is 2.16 bits per heavy atom. The molecule has 0 saturated carbocycles. The minimum absolute atomic E-state index is 0.0454. The molecule has 5 heteroatoms. The highest BCUT2D eigenvalue weighted by Crippen LogP contribution is 2.37. The zero-order chi connectivity index (χ0) is 22.5. The van der Waals surface area contributed by atoms with E-state index in [0.717, 1.165) is 50.3 Å². The van der Waals surface area contributed by atoms with Gasteiger partial charge in [-0.3, -0.25) is 9.59 Å². The molecule has 0 spiro atoms. The fourth-order valence-corrected chi connectivity index (χ4v) is 5.17. The summed E-state index contributed by atoms with van der Waals surface area (Å²) in [6.07, 6.45) is 2.00. The second-order valence-electron chi connectivity index (χ2n) is 9.44. The third-order valence-corrected chi connectivity index (χ3v) is 6.96. The maximum atomic E-state index is 13.1. The summed E-state index contributed by atoms with van der Waals surface area (Å²) in [6, 6.07) is 19.4. The number of rotatable bonds is 6. The molecular weight excluding hydrogens is 400 g/mol. The molecule has 170 valence electrons. The summed E-state index contributed by atoms with van der Waals surface area (Å²) in [5, 5.41) is 0. The van der Waals surface area contributed by atoms with Crippen LogP contribution in [0.1, 0.15) is 37.0 Å². The minimum atomic E-state index is 0.0454. The van der Waals surface area contributed by atoms with Crippen molar-refractivity contribution in [1.82, 2.24) is 9.80 Å². The Kier molecular flexibility index (Phi) is 7.13. The van der Waals surface area contributed by atoms with E-state index in [4.69, 9.17) is 4.74 Å². The van der Waals surface area contributed by atoms with E-state index in [1.54, 1.807) is 0 Å². The van der Waals surface area contributed by atoms with Crippen molar-refractivity contribution >= 4 is 11.8 Å². The SMILES string of the molecule is CC(C)C(=O)N1CCC([C@@H]2CN(C(=O)c3ccccc3)C[C@H]2COc2ccccc2)CC1. The van der Waals surface area contributed by atoms with E-state index in [0.29, 0.717) is 24.4 Å². The van der Waals surface area contributed by atoms with E-state index in [9.17, 15) is 9.59 Å². The third-order valence-electron chi connectivity index (χ3n) is 6.96. The molecule has 2 amide bonds. The predicted molar refractivity (Wildman–Crippen MR) is 125 cm³/mol. The molecule has 2 saturated heterocycles. The maximum Gasteiger partial charge on any atom is 0.253 e. The normalized spacial score (nSPS) is 21.7. The van der Waals surface area contributed by atoms with Crippen molar-refractivity contribution in [3.63, 3.8) is 0 Å². The van der Waals surface area contributed by atoms with Crippen LogP contribution in [0.4, 0.5) is 0 Å². The minimum Gasteiger partial charge on any atom is -0.493 e. The highest BCUT2D eigenvalue weighted by molar-refractivity contribution is 5.94. The van der Waals surface area contributed by atoms with Crippen molar-refractivity contribution in [1.29, 1.82) is 0 Å². The van der Waals surface area contributed by atoms with Crippen molar-refractivity contribution in [2.45, 2.75) is 26.7 Å². The van der Waals surface area contributed by atoms with Crippen LogP contribution in [0.5, 0.6) is 5.75 Å². The lowest BCUT2D eigenvalue weighted by atomic mass is 9.78. The van der Waals surface area contributed by atoms with Crippen molar-refractivity contribution in [2.75, 3.05) is 32.8 Å². The fraction of sp³-hybridized carbons (Fsp3) is 0.481. The molecule has 2 aromatic carbocycles. The number of amides is 2. The molecule has 2 heterocycles. The summed E-state index contributed by atoms with van der Waals surface area (Å²) in [6.45, 7) is 7.66. The summed E-state index contributed by atoms with van der Waals surface area (Å²) < 4.78 is 6.13. The van der Waals surface area contributed by atoms with Gasteiger partial charge in [0.05, 0.1) is 6.61 Å². The van der Waals surface area contributed by atoms with Crippen LogP contribution < -0.4 is 4.74 Å². The molecule has 32 heavy (non-hydrogen) atoms. The Morgan fingerprint density at radius 1 is 0.906 bits per heavy atom. The van der Waals surface area contributed by atoms with Crippen molar-refractivity contribution in [3.05, 3.63) is 66.2 Å². The summed E-state index contributed by atoms with van der Waals surface area (Å²) >= 11 is 0. The Balaban J connectivity index is 1.44. The average Bonchev–Trinajstić information content (AvgIpc) is 3.27. The number of likely N-dealkylation sites (tertiary alicyclic amines) is 2. The van der Waals surface area contributed by atoms with E-state index >= 15 is 0 Å². The first kappa shape index (κ1) is 22.4. The summed E-state index contributed by atoms with van der Waals surface area (Å²) in [4.78, 5) is 29.6. The smallest absolute Gasteiger partial charge is 0.253 e. The lowest BCUT2D eigenvalue weighted by Crippen LogP contribution is -2.43. The summed E-state index contributed by atoms with van der Waals surface area (Å²) in [5.74, 6) is 2.46. The van der Waals surface area contributed by atoms with Gasteiger partial charge in [-0.1, -0.05) is 50.2 Å². The molecule has 2 aliphatic heterocycles. The van der Waals surface area contributed by atoms with Crippen LogP contribution >= 0.6 is 0 Å². The summed E-state index contributed by atoms with van der Waals surface area (Å²) in [5.41, 5.74) is 0.744. The van der Waals surface area contributed by atoms with Crippen LogP contribution in [0.2, 0.25) is 0 Å². The average molecular weight is 435 g/mol. The third kappa shape index (κ3) is 5.14. The van der Waals surface area contributed by atoms with Crippen LogP contribution in [-0.2, 0) is 4.79 Å². The molecule has 2 aliphatic rings. The number of carbonyl (C=O) groups excluding carboxylic acids is 2. The van der Waals surface area contributed by atoms with Crippen LogP contribution in [0.15, 0.2) is 60.7 Å². The number of piperidine rings is 1. The van der Waals surface area contributed by atoms with Gasteiger partial charge in [-0.05, 0) is 48.9 Å². The summed E-state index contributed by atoms with van der Waals surface area (Å²) in [7, 11) is 0. The van der Waals surface area contributed by atoms with Gasteiger partial charge < -0.3 is 14.5 Å². The monoisotopic (exact) mass is 434 g/mol. The first-order valence-electron chi connectivity index (χ1n) is 11.8. The highest BCUT2D eigenvalue weighted by Gasteiger charge is 2.41. The number of hydrogen-bond acceptors (Lipinski definition) is 3. The van der Waals surface area contributed by atoms with Gasteiger partial charge in [0.25, 0.3) is 5.91 Å². The molecule has 2 atom stereocenters. The van der Waals surface area contributed by atoms with Crippen LogP contribution in [-0.4, -0.2) is 54.4 Å². The number of ether oxygens (including phenoxy) is 1. The van der Waals surface area contributed by atoms with Crippen LogP contribution in [0.3, 0.4) is 0 Å². The van der Waals surface area contributed by atoms with Crippen molar-refractivity contribution in [3.8, 4) is 5.75 Å². The lowest BCUT2D eigenvalue weighted by Gasteiger charge is -2.37. The molecule has 4 rings (SSSR count). The quantitative estimate of drug-likeness (QED) is 0.679. The Morgan fingerprint density at radius 2 is 1.53 bits per heavy atom. The number of hydrogen-bond donors (Lipinski definition) is 0. The van der Waals surface area contributed by atoms with Crippen LogP contribution in [0, 0.1) is 23.7 Å². The van der Waals surface area contributed by atoms with Gasteiger partial charge >= 0.3 is 0 Å². The van der Waals surface area contributed by atoms with E-state index < -0.39 is 0 Å². The molecular formula is C27H34N2O3. The number of benzene rings is 2. The number of carbonyl (C=O) groups is 2. The maximum absolute atomic E-state index is 13.1. The number of nitrogens with zero attached hydrogens (tertiary/aromatic N) is 2. The molecule has 0 aromatic heterocycles. The molecule has 0 N–H and O–H groups in total. The van der Waals surface area contributed by atoms with Gasteiger partial charge in [0.2, 0.25) is 5.91 Å². The van der Waals surface area contributed by atoms with E-state index in [1.807, 2.05) is 84.3 Å². The molecule has 5 nitrogen and oxygen atoms in total. The molecule has 0 bridgehead atoms. The zero-order valence-electron chi connectivity index (χ0n) is 19.2. The standard InChI is InChI=1S/C27H34N2O3/c1-20(2)26(30)28-15-13-21(14-16-28)25-18-29(27(31)22-9-5-3-6-10-22)17-23(25)19-32-24-11-7-4-8-12-24/h3-12,20-21,23,25H,13-19H2,1-2H3/t23-,25-/m0/s1. The lowest BCUT2D eigenvalue weighted by molar-refractivity contribution is -0.136. The molecule has 2 aromatic rings.